The van der Waals surface area contributed by atoms with Crippen molar-refractivity contribution in [1.29, 1.82) is 0 Å². The minimum Gasteiger partial charge on any atom is -0.462 e. The number of ether oxygens (including phenoxy) is 3. The fraction of sp³-hybridized carbons (Fsp3) is 0.926. The minimum atomic E-state index is -4.46. The standard InChI is InChI=1S/C54H98NO9P/c1-10-11-12-13-14-15-16-17-18-19-20-21-22-23-24-28-51(56)60-40-46(41-62-65(58,59)61-38-37-55(7,8)9)64-52(57)63-45-33-35-53(5)44(39-45)29-30-47-49-32-31-48(43(4)27-25-26-42(2)3)54(49,6)36-34-50(47)53/h29,42-43,45-50H,10-28,30-41H2,1-9H3/p+1/t43-,45+,46?,47+,48-,49+,50?,53+,54-/m1/s1. The topological polar surface area (TPSA) is 118 Å². The fourth-order valence-corrected chi connectivity index (χ4v) is 13.5. The molecule has 0 aromatic carbocycles. The largest absolute Gasteiger partial charge is 0.509 e. The number of quaternary nitrogens is 1. The van der Waals surface area contributed by atoms with Crippen LogP contribution in [0.2, 0.25) is 0 Å². The van der Waals surface area contributed by atoms with Crippen LogP contribution in [0.4, 0.5) is 4.79 Å². The van der Waals surface area contributed by atoms with Crippen molar-refractivity contribution in [3.63, 3.8) is 0 Å². The Kier molecular flexibility index (Phi) is 23.9. The molecular formula is C54H99NO9P+. The van der Waals surface area contributed by atoms with Crippen LogP contribution < -0.4 is 0 Å². The Morgan fingerprint density at radius 1 is 0.785 bits per heavy atom. The third-order valence-electron chi connectivity index (χ3n) is 16.6. The van der Waals surface area contributed by atoms with Crippen LogP contribution in [0.1, 0.15) is 215 Å². The lowest BCUT2D eigenvalue weighted by molar-refractivity contribution is -0.870. The number of likely N-dealkylation sites (N-methyl/N-ethyl adjacent to an activating group) is 1. The van der Waals surface area contributed by atoms with E-state index < -0.39 is 32.7 Å². The highest BCUT2D eigenvalue weighted by Crippen LogP contribution is 2.67. The highest BCUT2D eigenvalue weighted by atomic mass is 31.2. The number of hydrogen-bond acceptors (Lipinski definition) is 8. The van der Waals surface area contributed by atoms with E-state index in [4.69, 9.17) is 23.3 Å². The van der Waals surface area contributed by atoms with Gasteiger partial charge in [0.05, 0.1) is 27.7 Å². The summed E-state index contributed by atoms with van der Waals surface area (Å²) in [6.45, 7) is 14.3. The van der Waals surface area contributed by atoms with Gasteiger partial charge >= 0.3 is 19.9 Å². The van der Waals surface area contributed by atoms with Gasteiger partial charge in [-0.25, -0.2) is 9.36 Å². The molecule has 65 heavy (non-hydrogen) atoms. The van der Waals surface area contributed by atoms with Crippen molar-refractivity contribution in [3.8, 4) is 0 Å². The molecule has 4 aliphatic carbocycles. The van der Waals surface area contributed by atoms with E-state index in [0.717, 1.165) is 68.1 Å². The van der Waals surface area contributed by atoms with Gasteiger partial charge in [0.1, 0.15) is 25.9 Å². The summed E-state index contributed by atoms with van der Waals surface area (Å²) in [5.74, 6) is 4.17. The highest BCUT2D eigenvalue weighted by Gasteiger charge is 2.59. The molecule has 0 radical (unpaired) electrons. The van der Waals surface area contributed by atoms with Gasteiger partial charge in [-0.1, -0.05) is 162 Å². The zero-order chi connectivity index (χ0) is 47.5. The molecule has 11 heteroatoms. The molecule has 10 atom stereocenters. The van der Waals surface area contributed by atoms with Crippen molar-refractivity contribution in [2.75, 3.05) is 47.5 Å². The monoisotopic (exact) mass is 937 g/mol. The van der Waals surface area contributed by atoms with Gasteiger partial charge in [0, 0.05) is 12.8 Å². The van der Waals surface area contributed by atoms with E-state index in [9.17, 15) is 19.0 Å². The van der Waals surface area contributed by atoms with Gasteiger partial charge < -0.3 is 23.6 Å². The molecule has 3 saturated carbocycles. The molecule has 0 aromatic heterocycles. The number of hydrogen-bond donors (Lipinski definition) is 1. The molecule has 10 nitrogen and oxygen atoms in total. The minimum absolute atomic E-state index is 0.00933. The Balaban J connectivity index is 1.22. The Hall–Kier alpha value is -1.45. The number of allylic oxidation sites excluding steroid dienone is 1. The number of phosphoric acid groups is 1. The van der Waals surface area contributed by atoms with Crippen molar-refractivity contribution >= 4 is 19.9 Å². The number of rotatable bonds is 32. The highest BCUT2D eigenvalue weighted by molar-refractivity contribution is 7.47. The summed E-state index contributed by atoms with van der Waals surface area (Å²) < 4.78 is 41.0. The average Bonchev–Trinajstić information content (AvgIpc) is 3.60. The molecule has 0 aromatic rings. The van der Waals surface area contributed by atoms with Gasteiger partial charge in [0.15, 0.2) is 6.10 Å². The van der Waals surface area contributed by atoms with Crippen molar-refractivity contribution in [1.82, 2.24) is 0 Å². The summed E-state index contributed by atoms with van der Waals surface area (Å²) in [6, 6.07) is 0. The van der Waals surface area contributed by atoms with Gasteiger partial charge in [-0.05, 0) is 97.7 Å². The van der Waals surface area contributed by atoms with E-state index >= 15 is 0 Å². The molecule has 0 aliphatic heterocycles. The van der Waals surface area contributed by atoms with Crippen molar-refractivity contribution in [3.05, 3.63) is 11.6 Å². The Morgan fingerprint density at radius 3 is 2.03 bits per heavy atom. The van der Waals surface area contributed by atoms with Crippen LogP contribution in [-0.2, 0) is 32.6 Å². The summed E-state index contributed by atoms with van der Waals surface area (Å²) in [7, 11) is 1.40. The zero-order valence-corrected chi connectivity index (χ0v) is 44.1. The van der Waals surface area contributed by atoms with E-state index in [2.05, 4.69) is 47.6 Å². The molecule has 3 unspecified atom stereocenters. The number of carbonyl (C=O) groups is 2. The Labute approximate surface area is 398 Å². The number of nitrogens with zero attached hydrogens (tertiary/aromatic N) is 1. The maximum Gasteiger partial charge on any atom is 0.509 e. The third-order valence-corrected chi connectivity index (χ3v) is 17.6. The van der Waals surface area contributed by atoms with Crippen LogP contribution in [-0.4, -0.2) is 81.2 Å². The second-order valence-electron chi connectivity index (χ2n) is 23.3. The molecule has 0 spiro atoms. The van der Waals surface area contributed by atoms with Gasteiger partial charge in [0.2, 0.25) is 0 Å². The first kappa shape index (κ1) is 56.1. The molecule has 0 saturated heterocycles. The molecule has 1 N–H and O–H groups in total. The first-order valence-electron chi connectivity index (χ1n) is 27.0. The number of esters is 1. The van der Waals surface area contributed by atoms with Gasteiger partial charge in [-0.3, -0.25) is 13.8 Å². The van der Waals surface area contributed by atoms with E-state index in [0.29, 0.717) is 28.8 Å². The van der Waals surface area contributed by atoms with Crippen LogP contribution in [0.25, 0.3) is 0 Å². The summed E-state index contributed by atoms with van der Waals surface area (Å²) in [6.07, 6.45) is 32.0. The van der Waals surface area contributed by atoms with Crippen molar-refractivity contribution < 1.29 is 46.8 Å². The predicted molar refractivity (Wildman–Crippen MR) is 263 cm³/mol. The molecule has 3 fully saturated rings. The van der Waals surface area contributed by atoms with E-state index in [1.165, 1.54) is 128 Å². The van der Waals surface area contributed by atoms with Crippen LogP contribution in [0.15, 0.2) is 11.6 Å². The fourth-order valence-electron chi connectivity index (χ4n) is 12.7. The molecule has 4 rings (SSSR count). The lowest BCUT2D eigenvalue weighted by Gasteiger charge is -2.58. The molecular weight excluding hydrogens is 838 g/mol. The second-order valence-corrected chi connectivity index (χ2v) is 24.7. The SMILES string of the molecule is CCCCCCCCCCCCCCCCCC(=O)OCC(COP(=O)(O)OCC[N+](C)(C)C)OC(=O)O[C@H]1CC[C@@]2(C)C(=CC[C@@H]3C2CC[C@]2(C)[C@@H]([C@H](C)CCCC(C)C)CC[C@@H]32)C1. The van der Waals surface area contributed by atoms with E-state index in [1.54, 1.807) is 0 Å². The lowest BCUT2D eigenvalue weighted by Crippen LogP contribution is -2.51. The van der Waals surface area contributed by atoms with E-state index in [-0.39, 0.29) is 31.2 Å². The molecule has 378 valence electrons. The second kappa shape index (κ2) is 27.7. The van der Waals surface area contributed by atoms with Gasteiger partial charge in [0.25, 0.3) is 0 Å². The van der Waals surface area contributed by atoms with Crippen LogP contribution >= 0.6 is 7.82 Å². The first-order chi connectivity index (χ1) is 30.9. The molecule has 0 heterocycles. The van der Waals surface area contributed by atoms with Crippen LogP contribution in [0.3, 0.4) is 0 Å². The Morgan fingerprint density at radius 2 is 1.42 bits per heavy atom. The summed E-state index contributed by atoms with van der Waals surface area (Å²) >= 11 is 0. The van der Waals surface area contributed by atoms with Crippen LogP contribution in [0, 0.1) is 46.3 Å². The maximum atomic E-state index is 13.4. The van der Waals surface area contributed by atoms with Crippen molar-refractivity contribution in [2.24, 2.45) is 46.3 Å². The number of unbranched alkanes of at least 4 members (excludes halogenated alkanes) is 14. The maximum absolute atomic E-state index is 13.4. The zero-order valence-electron chi connectivity index (χ0n) is 43.2. The van der Waals surface area contributed by atoms with E-state index in [1.807, 2.05) is 21.1 Å². The predicted octanol–water partition coefficient (Wildman–Crippen LogP) is 14.6. The normalized spacial score (nSPS) is 28.4. The number of fused-ring (bicyclic) bond motifs is 5. The van der Waals surface area contributed by atoms with Crippen molar-refractivity contribution in [2.45, 2.75) is 227 Å². The summed E-state index contributed by atoms with van der Waals surface area (Å²) in [4.78, 5) is 36.6. The van der Waals surface area contributed by atoms with Gasteiger partial charge in [-0.2, -0.15) is 0 Å². The van der Waals surface area contributed by atoms with Gasteiger partial charge in [-0.15, -0.1) is 0 Å². The lowest BCUT2D eigenvalue weighted by atomic mass is 9.47. The summed E-state index contributed by atoms with van der Waals surface area (Å²) in [5.41, 5.74) is 1.97. The number of carbonyl (C=O) groups excluding carboxylic acids is 2. The third kappa shape index (κ3) is 18.8. The molecule has 0 amide bonds. The quantitative estimate of drug-likeness (QED) is 0.0231. The number of phosphoric ester groups is 1. The molecule has 0 bridgehead atoms. The first-order valence-corrected chi connectivity index (χ1v) is 28.5. The smallest absolute Gasteiger partial charge is 0.462 e. The summed E-state index contributed by atoms with van der Waals surface area (Å²) in [5, 5.41) is 0. The average molecular weight is 937 g/mol. The molecule has 4 aliphatic rings. The Bertz CT molecular complexity index is 1480. The van der Waals surface area contributed by atoms with Crippen LogP contribution in [0.5, 0.6) is 0 Å².